The lowest BCUT2D eigenvalue weighted by molar-refractivity contribution is -0.125. The highest BCUT2D eigenvalue weighted by Gasteiger charge is 2.22. The number of carbonyl (C=O) groups is 1. The molecule has 0 aromatic heterocycles. The van der Waals surface area contributed by atoms with Crippen LogP contribution in [0.2, 0.25) is 5.02 Å². The molecular formula is C20H20ClNOS. The molecule has 1 atom stereocenters. The number of thioether (sulfide) groups is 1. The van der Waals surface area contributed by atoms with Crippen LogP contribution >= 0.6 is 23.4 Å². The van der Waals surface area contributed by atoms with Gasteiger partial charge < -0.3 is 4.90 Å². The lowest BCUT2D eigenvalue weighted by atomic mass is 10.1. The van der Waals surface area contributed by atoms with E-state index in [0.29, 0.717) is 5.25 Å². The highest BCUT2D eigenvalue weighted by Crippen LogP contribution is 2.37. The van der Waals surface area contributed by atoms with Gasteiger partial charge in [-0.05, 0) is 29.7 Å². The second-order valence-electron chi connectivity index (χ2n) is 5.74. The first-order valence-electron chi connectivity index (χ1n) is 8.12. The summed E-state index contributed by atoms with van der Waals surface area (Å²) < 4.78 is 0. The Morgan fingerprint density at radius 1 is 1.08 bits per heavy atom. The second-order valence-corrected chi connectivity index (χ2v) is 7.46. The molecule has 2 nitrogen and oxygen atoms in total. The van der Waals surface area contributed by atoms with Crippen molar-refractivity contribution < 1.29 is 4.79 Å². The monoisotopic (exact) mass is 357 g/mol. The van der Waals surface area contributed by atoms with Gasteiger partial charge >= 0.3 is 0 Å². The fourth-order valence-electron chi connectivity index (χ4n) is 2.81. The fourth-order valence-corrected chi connectivity index (χ4v) is 4.41. The molecule has 0 aliphatic carbocycles. The van der Waals surface area contributed by atoms with Gasteiger partial charge in [0.1, 0.15) is 0 Å². The van der Waals surface area contributed by atoms with Crippen LogP contribution in [0.4, 0.5) is 0 Å². The van der Waals surface area contributed by atoms with Crippen LogP contribution < -0.4 is 0 Å². The Kier molecular flexibility index (Phi) is 6.00. The van der Waals surface area contributed by atoms with Crippen molar-refractivity contribution in [3.05, 3.63) is 76.8 Å². The molecule has 24 heavy (non-hydrogen) atoms. The summed E-state index contributed by atoms with van der Waals surface area (Å²) in [5.41, 5.74) is 2.22. The zero-order chi connectivity index (χ0) is 16.8. The first-order valence-corrected chi connectivity index (χ1v) is 9.55. The van der Waals surface area contributed by atoms with Crippen LogP contribution in [0.3, 0.4) is 0 Å². The topological polar surface area (TPSA) is 20.3 Å². The van der Waals surface area contributed by atoms with Crippen LogP contribution in [0.15, 0.2) is 60.7 Å². The highest BCUT2D eigenvalue weighted by molar-refractivity contribution is 7.99. The third-order valence-corrected chi connectivity index (χ3v) is 5.78. The van der Waals surface area contributed by atoms with Gasteiger partial charge in [-0.15, -0.1) is 0 Å². The molecule has 1 amide bonds. The molecule has 4 heteroatoms. The summed E-state index contributed by atoms with van der Waals surface area (Å²) in [5, 5.41) is 1.17. The SMILES string of the molecule is O=C(/C=C/c1ccccc1)N1CCSC(c2ccccc2Cl)CC1. The molecule has 2 aromatic carbocycles. The summed E-state index contributed by atoms with van der Waals surface area (Å²) in [6, 6.07) is 17.9. The lowest BCUT2D eigenvalue weighted by Gasteiger charge is -2.18. The number of nitrogens with zero attached hydrogens (tertiary/aromatic N) is 1. The van der Waals surface area contributed by atoms with Crippen molar-refractivity contribution in [2.24, 2.45) is 0 Å². The third-order valence-electron chi connectivity index (χ3n) is 4.12. The smallest absolute Gasteiger partial charge is 0.246 e. The molecule has 1 aliphatic heterocycles. The van der Waals surface area contributed by atoms with Gasteiger partial charge in [0, 0.05) is 35.2 Å². The van der Waals surface area contributed by atoms with Gasteiger partial charge in [0.15, 0.2) is 0 Å². The summed E-state index contributed by atoms with van der Waals surface area (Å²) >= 11 is 8.21. The minimum absolute atomic E-state index is 0.0826. The van der Waals surface area contributed by atoms with E-state index in [-0.39, 0.29) is 5.91 Å². The predicted molar refractivity (Wildman–Crippen MR) is 103 cm³/mol. The maximum atomic E-state index is 12.4. The molecule has 0 saturated carbocycles. The Morgan fingerprint density at radius 3 is 2.62 bits per heavy atom. The van der Waals surface area contributed by atoms with Crippen molar-refractivity contribution in [1.29, 1.82) is 0 Å². The van der Waals surface area contributed by atoms with Gasteiger partial charge in [0.05, 0.1) is 0 Å². The maximum absolute atomic E-state index is 12.4. The van der Waals surface area contributed by atoms with Gasteiger partial charge in [-0.1, -0.05) is 60.1 Å². The van der Waals surface area contributed by atoms with Crippen molar-refractivity contribution in [2.75, 3.05) is 18.8 Å². The minimum Gasteiger partial charge on any atom is -0.338 e. The number of carbonyl (C=O) groups excluding carboxylic acids is 1. The van der Waals surface area contributed by atoms with Crippen LogP contribution in [0, 0.1) is 0 Å². The van der Waals surface area contributed by atoms with Crippen LogP contribution in [-0.4, -0.2) is 29.6 Å². The number of halogens is 1. The van der Waals surface area contributed by atoms with E-state index in [9.17, 15) is 4.79 Å². The largest absolute Gasteiger partial charge is 0.338 e. The molecule has 1 fully saturated rings. The normalized spacial score (nSPS) is 18.5. The summed E-state index contributed by atoms with van der Waals surface area (Å²) in [4.78, 5) is 14.4. The average molecular weight is 358 g/mol. The summed E-state index contributed by atoms with van der Waals surface area (Å²) in [5.74, 6) is 1.01. The van der Waals surface area contributed by atoms with Crippen molar-refractivity contribution in [2.45, 2.75) is 11.7 Å². The summed E-state index contributed by atoms with van der Waals surface area (Å²) in [7, 11) is 0. The van der Waals surface area contributed by atoms with E-state index in [1.54, 1.807) is 6.08 Å². The molecule has 1 aliphatic rings. The molecule has 0 N–H and O–H groups in total. The molecule has 1 saturated heterocycles. The molecular weight excluding hydrogens is 338 g/mol. The van der Waals surface area contributed by atoms with E-state index in [2.05, 4.69) is 6.07 Å². The van der Waals surface area contributed by atoms with Crippen molar-refractivity contribution >= 4 is 35.3 Å². The van der Waals surface area contributed by atoms with Crippen LogP contribution in [-0.2, 0) is 4.79 Å². The quantitative estimate of drug-likeness (QED) is 0.715. The molecule has 2 aromatic rings. The van der Waals surface area contributed by atoms with E-state index >= 15 is 0 Å². The minimum atomic E-state index is 0.0826. The number of hydrogen-bond acceptors (Lipinski definition) is 2. The van der Waals surface area contributed by atoms with Crippen LogP contribution in [0.25, 0.3) is 6.08 Å². The Hall–Kier alpha value is -1.71. The zero-order valence-corrected chi connectivity index (χ0v) is 15.0. The number of benzene rings is 2. The van der Waals surface area contributed by atoms with Crippen molar-refractivity contribution in [3.63, 3.8) is 0 Å². The number of rotatable bonds is 3. The lowest BCUT2D eigenvalue weighted by Crippen LogP contribution is -2.31. The molecule has 1 unspecified atom stereocenters. The number of amides is 1. The Labute approximate surface area is 152 Å². The van der Waals surface area contributed by atoms with E-state index in [4.69, 9.17) is 11.6 Å². The molecule has 0 radical (unpaired) electrons. The van der Waals surface area contributed by atoms with Gasteiger partial charge in [-0.2, -0.15) is 11.8 Å². The maximum Gasteiger partial charge on any atom is 0.246 e. The van der Waals surface area contributed by atoms with Crippen molar-refractivity contribution in [1.82, 2.24) is 4.90 Å². The second kappa shape index (κ2) is 8.41. The number of hydrogen-bond donors (Lipinski definition) is 0. The van der Waals surface area contributed by atoms with E-state index in [1.165, 1.54) is 5.56 Å². The molecule has 0 spiro atoms. The summed E-state index contributed by atoms with van der Waals surface area (Å²) in [6.45, 7) is 1.55. The summed E-state index contributed by atoms with van der Waals surface area (Å²) in [6.07, 6.45) is 4.49. The first-order chi connectivity index (χ1) is 11.7. The Morgan fingerprint density at radius 2 is 1.83 bits per heavy atom. The molecule has 124 valence electrons. The highest BCUT2D eigenvalue weighted by atomic mass is 35.5. The van der Waals surface area contributed by atoms with E-state index in [0.717, 1.165) is 35.8 Å². The van der Waals surface area contributed by atoms with Gasteiger partial charge in [-0.25, -0.2) is 0 Å². The molecule has 1 heterocycles. The van der Waals surface area contributed by atoms with Crippen LogP contribution in [0.5, 0.6) is 0 Å². The molecule has 0 bridgehead atoms. The van der Waals surface area contributed by atoms with Gasteiger partial charge in [0.2, 0.25) is 5.91 Å². The zero-order valence-electron chi connectivity index (χ0n) is 13.4. The van der Waals surface area contributed by atoms with Crippen molar-refractivity contribution in [3.8, 4) is 0 Å². The Bertz CT molecular complexity index is 717. The van der Waals surface area contributed by atoms with Gasteiger partial charge in [0.25, 0.3) is 0 Å². The standard InChI is InChI=1S/C20H20ClNOS/c21-18-9-5-4-8-17(18)19-12-13-22(14-15-24-19)20(23)11-10-16-6-2-1-3-7-16/h1-11,19H,12-15H2/b11-10+. The van der Waals surface area contributed by atoms with Crippen LogP contribution in [0.1, 0.15) is 22.8 Å². The van der Waals surface area contributed by atoms with E-state index in [1.807, 2.05) is 71.3 Å². The Balaban J connectivity index is 1.62. The van der Waals surface area contributed by atoms with Gasteiger partial charge in [-0.3, -0.25) is 4.79 Å². The predicted octanol–water partition coefficient (Wildman–Crippen LogP) is 5.06. The van der Waals surface area contributed by atoms with E-state index < -0.39 is 0 Å². The fraction of sp³-hybridized carbons (Fsp3) is 0.250. The first kappa shape index (κ1) is 17.1. The average Bonchev–Trinajstić information content (AvgIpc) is 2.87. The molecule has 3 rings (SSSR count). The third kappa shape index (κ3) is 4.43.